The molecule has 104 valence electrons. The molecule has 5 heteroatoms. The van der Waals surface area contributed by atoms with E-state index in [4.69, 9.17) is 0 Å². The van der Waals surface area contributed by atoms with Crippen LogP contribution in [0.25, 0.3) is 0 Å². The van der Waals surface area contributed by atoms with Gasteiger partial charge in [-0.05, 0) is 31.0 Å². The molecule has 19 heavy (non-hydrogen) atoms. The topological polar surface area (TPSA) is 43.8 Å². The Morgan fingerprint density at radius 3 is 2.53 bits per heavy atom. The van der Waals surface area contributed by atoms with Crippen LogP contribution in [0.4, 0.5) is 10.1 Å². The van der Waals surface area contributed by atoms with Gasteiger partial charge in [0.1, 0.15) is 5.82 Å². The summed E-state index contributed by atoms with van der Waals surface area (Å²) in [4.78, 5) is 15.6. The molecule has 1 aliphatic heterocycles. The summed E-state index contributed by atoms with van der Waals surface area (Å²) < 4.78 is 14.0. The van der Waals surface area contributed by atoms with E-state index in [1.807, 2.05) is 14.1 Å². The smallest absolute Gasteiger partial charge is 0.256 e. The van der Waals surface area contributed by atoms with Crippen molar-refractivity contribution in [2.75, 3.05) is 32.1 Å². The summed E-state index contributed by atoms with van der Waals surface area (Å²) in [5.41, 5.74) is 0.824. The average molecular weight is 266 g/mol. The number of likely N-dealkylation sites (tertiary alicyclic amines) is 1. The fourth-order valence-corrected chi connectivity index (χ4v) is 2.19. The van der Waals surface area contributed by atoms with Crippen LogP contribution < -0.4 is 4.90 Å². The molecule has 0 spiro atoms. The lowest BCUT2D eigenvalue weighted by atomic mass is 10.1. The molecule has 1 saturated heterocycles. The van der Waals surface area contributed by atoms with Gasteiger partial charge in [0, 0.05) is 32.9 Å². The van der Waals surface area contributed by atoms with E-state index in [0.29, 0.717) is 25.9 Å². The third kappa shape index (κ3) is 3.04. The summed E-state index contributed by atoms with van der Waals surface area (Å²) in [6.07, 6.45) is 0.775. The van der Waals surface area contributed by atoms with Crippen molar-refractivity contribution in [1.29, 1.82) is 0 Å². The molecular weight excluding hydrogens is 247 g/mol. The zero-order valence-corrected chi connectivity index (χ0v) is 11.3. The predicted octanol–water partition coefficient (Wildman–Crippen LogP) is 1.49. The number of benzene rings is 1. The molecule has 2 rings (SSSR count). The number of halogens is 1. The SMILES string of the molecule is CN(C)c1ccc(C(=O)N2CCC(O)CC2)c(F)c1. The van der Waals surface area contributed by atoms with Crippen LogP contribution in [0.1, 0.15) is 23.2 Å². The van der Waals surface area contributed by atoms with Crippen molar-refractivity contribution in [3.05, 3.63) is 29.6 Å². The van der Waals surface area contributed by atoms with Crippen molar-refractivity contribution >= 4 is 11.6 Å². The number of carbonyl (C=O) groups is 1. The van der Waals surface area contributed by atoms with E-state index in [1.165, 1.54) is 12.1 Å². The first-order chi connectivity index (χ1) is 8.99. The van der Waals surface area contributed by atoms with E-state index < -0.39 is 5.82 Å². The molecule has 1 fully saturated rings. The number of rotatable bonds is 2. The highest BCUT2D eigenvalue weighted by Crippen LogP contribution is 2.20. The van der Waals surface area contributed by atoms with Crippen molar-refractivity contribution in [3.8, 4) is 0 Å². The molecule has 1 amide bonds. The van der Waals surface area contributed by atoms with E-state index in [0.717, 1.165) is 5.69 Å². The van der Waals surface area contributed by atoms with Crippen LogP contribution in [-0.4, -0.2) is 49.2 Å². The van der Waals surface area contributed by atoms with Crippen molar-refractivity contribution in [2.45, 2.75) is 18.9 Å². The Hall–Kier alpha value is -1.62. The minimum absolute atomic E-state index is 0.0991. The Morgan fingerprint density at radius 1 is 1.37 bits per heavy atom. The molecule has 0 saturated carbocycles. The number of carbonyl (C=O) groups excluding carboxylic acids is 1. The number of piperidine rings is 1. The Bertz CT molecular complexity index is 469. The fourth-order valence-electron chi connectivity index (χ4n) is 2.19. The zero-order chi connectivity index (χ0) is 14.0. The molecule has 0 radical (unpaired) electrons. The number of amides is 1. The summed E-state index contributed by atoms with van der Waals surface area (Å²) >= 11 is 0. The zero-order valence-electron chi connectivity index (χ0n) is 11.3. The highest BCUT2D eigenvalue weighted by molar-refractivity contribution is 5.95. The predicted molar refractivity (Wildman–Crippen MR) is 71.9 cm³/mol. The molecule has 4 nitrogen and oxygen atoms in total. The number of hydrogen-bond acceptors (Lipinski definition) is 3. The maximum Gasteiger partial charge on any atom is 0.256 e. The highest BCUT2D eigenvalue weighted by Gasteiger charge is 2.24. The molecule has 0 atom stereocenters. The largest absolute Gasteiger partial charge is 0.393 e. The quantitative estimate of drug-likeness (QED) is 0.882. The van der Waals surface area contributed by atoms with Crippen LogP contribution in [0.3, 0.4) is 0 Å². The monoisotopic (exact) mass is 266 g/mol. The van der Waals surface area contributed by atoms with Crippen molar-refractivity contribution in [2.24, 2.45) is 0 Å². The molecule has 1 aliphatic rings. The second-order valence-electron chi connectivity index (χ2n) is 5.08. The second-order valence-corrected chi connectivity index (χ2v) is 5.08. The van der Waals surface area contributed by atoms with Crippen LogP contribution in [0, 0.1) is 5.82 Å². The number of aliphatic hydroxyl groups is 1. The lowest BCUT2D eigenvalue weighted by Gasteiger charge is -2.29. The number of hydrogen-bond donors (Lipinski definition) is 1. The Balaban J connectivity index is 2.15. The van der Waals surface area contributed by atoms with Crippen LogP contribution in [-0.2, 0) is 0 Å². The normalized spacial score (nSPS) is 16.5. The van der Waals surface area contributed by atoms with Crippen molar-refractivity contribution in [3.63, 3.8) is 0 Å². The summed E-state index contributed by atoms with van der Waals surface area (Å²) in [6.45, 7) is 0.962. The fraction of sp³-hybridized carbons (Fsp3) is 0.500. The lowest BCUT2D eigenvalue weighted by molar-refractivity contribution is 0.0543. The number of nitrogens with zero attached hydrogens (tertiary/aromatic N) is 2. The van der Waals surface area contributed by atoms with Gasteiger partial charge in [0.15, 0.2) is 0 Å². The van der Waals surface area contributed by atoms with E-state index in [-0.39, 0.29) is 17.6 Å². The van der Waals surface area contributed by atoms with Gasteiger partial charge in [-0.3, -0.25) is 4.79 Å². The molecule has 0 bridgehead atoms. The van der Waals surface area contributed by atoms with Crippen LogP contribution >= 0.6 is 0 Å². The van der Waals surface area contributed by atoms with Gasteiger partial charge < -0.3 is 14.9 Å². The summed E-state index contributed by atoms with van der Waals surface area (Å²) in [5, 5.41) is 9.41. The molecule has 1 aromatic carbocycles. The van der Waals surface area contributed by atoms with Crippen LogP contribution in [0.5, 0.6) is 0 Å². The van der Waals surface area contributed by atoms with Gasteiger partial charge in [-0.2, -0.15) is 0 Å². The average Bonchev–Trinajstić information content (AvgIpc) is 2.38. The van der Waals surface area contributed by atoms with E-state index >= 15 is 0 Å². The van der Waals surface area contributed by atoms with Gasteiger partial charge >= 0.3 is 0 Å². The Labute approximate surface area is 112 Å². The van der Waals surface area contributed by atoms with Gasteiger partial charge in [-0.1, -0.05) is 0 Å². The van der Waals surface area contributed by atoms with Crippen molar-refractivity contribution < 1.29 is 14.3 Å². The Morgan fingerprint density at radius 2 is 2.00 bits per heavy atom. The maximum absolute atomic E-state index is 14.0. The minimum atomic E-state index is -0.498. The number of aliphatic hydroxyl groups excluding tert-OH is 1. The Kier molecular flexibility index (Phi) is 4.04. The van der Waals surface area contributed by atoms with E-state index in [2.05, 4.69) is 0 Å². The minimum Gasteiger partial charge on any atom is -0.393 e. The van der Waals surface area contributed by atoms with E-state index in [9.17, 15) is 14.3 Å². The molecular formula is C14H19FN2O2. The molecule has 0 aromatic heterocycles. The first-order valence-corrected chi connectivity index (χ1v) is 6.43. The van der Waals surface area contributed by atoms with Crippen molar-refractivity contribution in [1.82, 2.24) is 4.90 Å². The third-order valence-electron chi connectivity index (χ3n) is 3.45. The first-order valence-electron chi connectivity index (χ1n) is 6.43. The first kappa shape index (κ1) is 13.8. The van der Waals surface area contributed by atoms with Gasteiger partial charge in [-0.25, -0.2) is 4.39 Å². The van der Waals surface area contributed by atoms with Gasteiger partial charge in [-0.15, -0.1) is 0 Å². The van der Waals surface area contributed by atoms with Gasteiger partial charge in [0.2, 0.25) is 0 Å². The molecule has 0 aliphatic carbocycles. The van der Waals surface area contributed by atoms with Crippen LogP contribution in [0.15, 0.2) is 18.2 Å². The molecule has 1 aromatic rings. The van der Waals surface area contributed by atoms with E-state index in [1.54, 1.807) is 15.9 Å². The van der Waals surface area contributed by atoms with Gasteiger partial charge in [0.05, 0.1) is 11.7 Å². The number of anilines is 1. The summed E-state index contributed by atoms with van der Waals surface area (Å²) in [6, 6.07) is 4.62. The summed E-state index contributed by atoms with van der Waals surface area (Å²) in [5.74, 6) is -0.794. The molecule has 0 unspecified atom stereocenters. The maximum atomic E-state index is 14.0. The molecule has 1 heterocycles. The standard InChI is InChI=1S/C14H19FN2O2/c1-16(2)10-3-4-12(13(15)9-10)14(19)17-7-5-11(18)6-8-17/h3-4,9,11,18H,5-8H2,1-2H3. The second kappa shape index (κ2) is 5.57. The molecule has 1 N–H and O–H groups in total. The third-order valence-corrected chi connectivity index (χ3v) is 3.45. The van der Waals surface area contributed by atoms with Gasteiger partial charge in [0.25, 0.3) is 5.91 Å². The van der Waals surface area contributed by atoms with Crippen LogP contribution in [0.2, 0.25) is 0 Å². The highest BCUT2D eigenvalue weighted by atomic mass is 19.1. The lowest BCUT2D eigenvalue weighted by Crippen LogP contribution is -2.40. The summed E-state index contributed by atoms with van der Waals surface area (Å²) in [7, 11) is 3.64.